The van der Waals surface area contributed by atoms with Crippen molar-refractivity contribution in [1.82, 2.24) is 0 Å². The van der Waals surface area contributed by atoms with Crippen LogP contribution in [0.5, 0.6) is 0 Å². The summed E-state index contributed by atoms with van der Waals surface area (Å²) in [6.07, 6.45) is -0.966. The van der Waals surface area contributed by atoms with Crippen LogP contribution < -0.4 is 0 Å². The molecule has 0 spiro atoms. The van der Waals surface area contributed by atoms with E-state index in [0.29, 0.717) is 10.6 Å². The Morgan fingerprint density at radius 1 is 1.18 bits per heavy atom. The quantitative estimate of drug-likeness (QED) is 0.858. The largest absolute Gasteiger partial charge is 0.384 e. The molecule has 2 aromatic carbocycles. The monoisotopic (exact) mass is 250 g/mol. The zero-order valence-corrected chi connectivity index (χ0v) is 10.1. The third kappa shape index (κ3) is 2.48. The minimum Gasteiger partial charge on any atom is -0.384 e. The Labute approximate surface area is 104 Å². The third-order valence-corrected chi connectivity index (χ3v) is 3.10. The Morgan fingerprint density at radius 2 is 1.82 bits per heavy atom. The van der Waals surface area contributed by atoms with E-state index >= 15 is 0 Å². The Kier molecular flexibility index (Phi) is 3.46. The standard InChI is InChI=1S/C14H12ClFO/c1-9-7-11(13(16)8-12(9)15)14(17)10-5-3-2-4-6-10/h2-8,14,17H,1H3. The lowest BCUT2D eigenvalue weighted by Crippen LogP contribution is -2.03. The van der Waals surface area contributed by atoms with Gasteiger partial charge in [0.15, 0.2) is 0 Å². The van der Waals surface area contributed by atoms with Crippen molar-refractivity contribution < 1.29 is 9.50 Å². The first-order valence-electron chi connectivity index (χ1n) is 5.28. The predicted octanol–water partition coefficient (Wildman–Crippen LogP) is 3.87. The van der Waals surface area contributed by atoms with Crippen LogP contribution in [-0.2, 0) is 0 Å². The first kappa shape index (κ1) is 12.1. The van der Waals surface area contributed by atoms with Gasteiger partial charge in [0.25, 0.3) is 0 Å². The number of halogens is 2. The van der Waals surface area contributed by atoms with E-state index in [1.54, 1.807) is 37.3 Å². The molecule has 0 radical (unpaired) electrons. The van der Waals surface area contributed by atoms with Crippen molar-refractivity contribution in [2.75, 3.05) is 0 Å². The molecule has 0 fully saturated rings. The summed E-state index contributed by atoms with van der Waals surface area (Å²) in [5.41, 5.74) is 1.66. The molecule has 3 heteroatoms. The zero-order chi connectivity index (χ0) is 12.4. The van der Waals surface area contributed by atoms with E-state index in [0.717, 1.165) is 5.56 Å². The molecule has 1 atom stereocenters. The van der Waals surface area contributed by atoms with Gasteiger partial charge < -0.3 is 5.11 Å². The average molecular weight is 251 g/mol. The van der Waals surface area contributed by atoms with Crippen molar-refractivity contribution in [3.63, 3.8) is 0 Å². The second-order valence-electron chi connectivity index (χ2n) is 3.94. The normalized spacial score (nSPS) is 12.5. The fraction of sp³-hybridized carbons (Fsp3) is 0.143. The highest BCUT2D eigenvalue weighted by atomic mass is 35.5. The number of aryl methyl sites for hydroxylation is 1. The van der Waals surface area contributed by atoms with Crippen LogP contribution in [0.3, 0.4) is 0 Å². The highest BCUT2D eigenvalue weighted by Crippen LogP contribution is 2.28. The number of aliphatic hydroxyl groups excluding tert-OH is 1. The van der Waals surface area contributed by atoms with Gasteiger partial charge in [0, 0.05) is 10.6 Å². The fourth-order valence-electron chi connectivity index (χ4n) is 1.70. The van der Waals surface area contributed by atoms with E-state index < -0.39 is 11.9 Å². The molecule has 0 aliphatic rings. The smallest absolute Gasteiger partial charge is 0.130 e. The maximum Gasteiger partial charge on any atom is 0.130 e. The van der Waals surface area contributed by atoms with Crippen molar-refractivity contribution in [2.45, 2.75) is 13.0 Å². The van der Waals surface area contributed by atoms with Gasteiger partial charge in [0.1, 0.15) is 11.9 Å². The van der Waals surface area contributed by atoms with Gasteiger partial charge >= 0.3 is 0 Å². The number of rotatable bonds is 2. The maximum absolute atomic E-state index is 13.7. The Bertz CT molecular complexity index is 525. The van der Waals surface area contributed by atoms with Crippen LogP contribution in [0.15, 0.2) is 42.5 Å². The molecule has 0 aliphatic carbocycles. The first-order chi connectivity index (χ1) is 8.09. The summed E-state index contributed by atoms with van der Waals surface area (Å²) < 4.78 is 13.7. The maximum atomic E-state index is 13.7. The van der Waals surface area contributed by atoms with Gasteiger partial charge in [-0.25, -0.2) is 4.39 Å². The summed E-state index contributed by atoms with van der Waals surface area (Å²) in [5.74, 6) is -0.489. The molecule has 0 aliphatic heterocycles. The van der Waals surface area contributed by atoms with Crippen LogP contribution in [-0.4, -0.2) is 5.11 Å². The SMILES string of the molecule is Cc1cc(C(O)c2ccccc2)c(F)cc1Cl. The topological polar surface area (TPSA) is 20.2 Å². The number of hydrogen-bond donors (Lipinski definition) is 1. The summed E-state index contributed by atoms with van der Waals surface area (Å²) in [7, 11) is 0. The molecule has 0 aromatic heterocycles. The third-order valence-electron chi connectivity index (χ3n) is 2.69. The van der Waals surface area contributed by atoms with Crippen molar-refractivity contribution in [1.29, 1.82) is 0 Å². The molecular formula is C14H12ClFO. The van der Waals surface area contributed by atoms with Gasteiger partial charge in [-0.1, -0.05) is 41.9 Å². The van der Waals surface area contributed by atoms with Crippen LogP contribution >= 0.6 is 11.6 Å². The number of benzene rings is 2. The number of aliphatic hydroxyl groups is 1. The van der Waals surface area contributed by atoms with Gasteiger partial charge in [-0.3, -0.25) is 0 Å². The predicted molar refractivity (Wildman–Crippen MR) is 66.7 cm³/mol. The van der Waals surface area contributed by atoms with Crippen LogP contribution in [0.2, 0.25) is 5.02 Å². The van der Waals surface area contributed by atoms with E-state index in [9.17, 15) is 9.50 Å². The van der Waals surface area contributed by atoms with Gasteiger partial charge in [0.2, 0.25) is 0 Å². The lowest BCUT2D eigenvalue weighted by molar-refractivity contribution is 0.215. The molecule has 88 valence electrons. The lowest BCUT2D eigenvalue weighted by atomic mass is 9.99. The van der Waals surface area contributed by atoms with E-state index in [-0.39, 0.29) is 5.56 Å². The second-order valence-corrected chi connectivity index (χ2v) is 4.34. The van der Waals surface area contributed by atoms with Crippen molar-refractivity contribution in [2.24, 2.45) is 0 Å². The summed E-state index contributed by atoms with van der Waals surface area (Å²) >= 11 is 5.81. The molecule has 0 saturated heterocycles. The molecule has 0 heterocycles. The van der Waals surface area contributed by atoms with E-state index in [1.807, 2.05) is 6.07 Å². The van der Waals surface area contributed by atoms with Crippen LogP contribution in [0.4, 0.5) is 4.39 Å². The Morgan fingerprint density at radius 3 is 2.47 bits per heavy atom. The Balaban J connectivity index is 2.44. The van der Waals surface area contributed by atoms with E-state index in [2.05, 4.69) is 0 Å². The fourth-order valence-corrected chi connectivity index (χ4v) is 1.85. The van der Waals surface area contributed by atoms with Crippen LogP contribution in [0.25, 0.3) is 0 Å². The van der Waals surface area contributed by atoms with Crippen LogP contribution in [0.1, 0.15) is 22.8 Å². The summed E-state index contributed by atoms with van der Waals surface area (Å²) in [5, 5.41) is 10.5. The summed E-state index contributed by atoms with van der Waals surface area (Å²) in [6, 6.07) is 11.8. The molecule has 17 heavy (non-hydrogen) atoms. The molecule has 0 saturated carbocycles. The highest BCUT2D eigenvalue weighted by Gasteiger charge is 2.16. The molecule has 2 rings (SSSR count). The summed E-state index contributed by atoms with van der Waals surface area (Å²) in [4.78, 5) is 0. The molecule has 1 nitrogen and oxygen atoms in total. The molecule has 2 aromatic rings. The average Bonchev–Trinajstić information content (AvgIpc) is 2.34. The van der Waals surface area contributed by atoms with Gasteiger partial charge in [0.05, 0.1) is 0 Å². The zero-order valence-electron chi connectivity index (χ0n) is 9.32. The van der Waals surface area contributed by atoms with Crippen molar-refractivity contribution in [3.05, 3.63) is 70.0 Å². The first-order valence-corrected chi connectivity index (χ1v) is 5.66. The lowest BCUT2D eigenvalue weighted by Gasteiger charge is -2.13. The minimum atomic E-state index is -0.966. The van der Waals surface area contributed by atoms with E-state index in [1.165, 1.54) is 6.07 Å². The van der Waals surface area contributed by atoms with Gasteiger partial charge in [-0.05, 0) is 30.2 Å². The van der Waals surface area contributed by atoms with E-state index in [4.69, 9.17) is 11.6 Å². The minimum absolute atomic E-state index is 0.248. The molecular weight excluding hydrogens is 239 g/mol. The van der Waals surface area contributed by atoms with Crippen LogP contribution in [0, 0.1) is 12.7 Å². The Hall–Kier alpha value is -1.38. The van der Waals surface area contributed by atoms with Crippen molar-refractivity contribution >= 4 is 11.6 Å². The number of hydrogen-bond acceptors (Lipinski definition) is 1. The molecule has 1 N–H and O–H groups in total. The molecule has 1 unspecified atom stereocenters. The van der Waals surface area contributed by atoms with Gasteiger partial charge in [-0.15, -0.1) is 0 Å². The molecule has 0 amide bonds. The summed E-state index contributed by atoms with van der Waals surface area (Å²) in [6.45, 7) is 1.78. The highest BCUT2D eigenvalue weighted by molar-refractivity contribution is 6.31. The van der Waals surface area contributed by atoms with Crippen molar-refractivity contribution in [3.8, 4) is 0 Å². The molecule has 0 bridgehead atoms. The second kappa shape index (κ2) is 4.86. The van der Waals surface area contributed by atoms with Gasteiger partial charge in [-0.2, -0.15) is 0 Å².